The summed E-state index contributed by atoms with van der Waals surface area (Å²) in [5, 5.41) is 3.02. The van der Waals surface area contributed by atoms with Crippen LogP contribution in [0, 0.1) is 19.8 Å². The molecule has 1 amide bonds. The maximum atomic E-state index is 12.2. The predicted octanol–water partition coefficient (Wildman–Crippen LogP) is 0.791. The Bertz CT molecular complexity index is 568. The van der Waals surface area contributed by atoms with E-state index in [4.69, 9.17) is 4.74 Å². The van der Waals surface area contributed by atoms with Crippen molar-refractivity contribution in [1.29, 1.82) is 0 Å². The van der Waals surface area contributed by atoms with Gasteiger partial charge in [-0.2, -0.15) is 4.98 Å². The average molecular weight is 293 g/mol. The lowest BCUT2D eigenvalue weighted by Gasteiger charge is -2.20. The van der Waals surface area contributed by atoms with E-state index in [1.54, 1.807) is 20.1 Å². The smallest absolute Gasteiger partial charge is 0.348 e. The number of aromatic nitrogens is 2. The molecule has 0 spiro atoms. The number of ether oxygens (including phenoxy) is 1. The molecule has 0 unspecified atom stereocenters. The fourth-order valence-corrected chi connectivity index (χ4v) is 3.00. The molecule has 1 heterocycles. The highest BCUT2D eigenvalue weighted by atomic mass is 16.5. The van der Waals surface area contributed by atoms with Crippen LogP contribution >= 0.6 is 0 Å². The Balaban J connectivity index is 2.01. The fourth-order valence-electron chi connectivity index (χ4n) is 3.00. The summed E-state index contributed by atoms with van der Waals surface area (Å²) in [6, 6.07) is 1.95. The Kier molecular flexibility index (Phi) is 5.12. The third-order valence-electron chi connectivity index (χ3n) is 4.03. The van der Waals surface area contributed by atoms with Crippen molar-refractivity contribution < 1.29 is 9.53 Å². The first kappa shape index (κ1) is 15.7. The zero-order valence-corrected chi connectivity index (χ0v) is 12.9. The Morgan fingerprint density at radius 3 is 2.90 bits per heavy atom. The quantitative estimate of drug-likeness (QED) is 0.871. The summed E-state index contributed by atoms with van der Waals surface area (Å²) in [7, 11) is 1.68. The molecule has 1 aliphatic carbocycles. The Hall–Kier alpha value is -1.69. The van der Waals surface area contributed by atoms with Gasteiger partial charge in [0.15, 0.2) is 0 Å². The minimum atomic E-state index is -0.373. The molecule has 0 aliphatic heterocycles. The SMILES string of the molecule is COC[C@H]1CCC[C@H]1NC(=O)Cn1c(C)cc(C)nc1=O. The number of aryl methyl sites for hydroxylation is 2. The highest BCUT2D eigenvalue weighted by molar-refractivity contribution is 5.76. The monoisotopic (exact) mass is 293 g/mol. The third kappa shape index (κ3) is 3.91. The van der Waals surface area contributed by atoms with Crippen molar-refractivity contribution in [1.82, 2.24) is 14.9 Å². The van der Waals surface area contributed by atoms with Gasteiger partial charge in [-0.1, -0.05) is 6.42 Å². The molecule has 1 aromatic heterocycles. The van der Waals surface area contributed by atoms with Gasteiger partial charge in [0.05, 0.1) is 6.61 Å². The first-order valence-electron chi connectivity index (χ1n) is 7.34. The number of hydrogen-bond acceptors (Lipinski definition) is 4. The molecule has 1 fully saturated rings. The summed E-state index contributed by atoms with van der Waals surface area (Å²) >= 11 is 0. The molecular weight excluding hydrogens is 270 g/mol. The maximum absolute atomic E-state index is 12.2. The average Bonchev–Trinajstić information content (AvgIpc) is 2.82. The van der Waals surface area contributed by atoms with Gasteiger partial charge >= 0.3 is 5.69 Å². The van der Waals surface area contributed by atoms with Crippen molar-refractivity contribution in [3.05, 3.63) is 27.9 Å². The zero-order chi connectivity index (χ0) is 15.4. The second kappa shape index (κ2) is 6.85. The lowest BCUT2D eigenvalue weighted by atomic mass is 10.1. The number of methoxy groups -OCH3 is 1. The van der Waals surface area contributed by atoms with E-state index < -0.39 is 0 Å². The number of amides is 1. The van der Waals surface area contributed by atoms with E-state index in [-0.39, 0.29) is 24.2 Å². The number of carbonyl (C=O) groups excluding carboxylic acids is 1. The van der Waals surface area contributed by atoms with Crippen molar-refractivity contribution in [2.45, 2.75) is 45.7 Å². The third-order valence-corrected chi connectivity index (χ3v) is 4.03. The molecule has 2 rings (SSSR count). The Morgan fingerprint density at radius 2 is 2.24 bits per heavy atom. The van der Waals surface area contributed by atoms with Crippen LogP contribution in [0.4, 0.5) is 0 Å². The zero-order valence-electron chi connectivity index (χ0n) is 12.9. The van der Waals surface area contributed by atoms with Crippen molar-refractivity contribution in [2.75, 3.05) is 13.7 Å². The number of nitrogens with one attached hydrogen (secondary N) is 1. The standard InChI is InChI=1S/C15H23N3O3/c1-10-7-11(2)18(15(20)16-10)8-14(19)17-13-6-4-5-12(13)9-21-3/h7,12-13H,4-6,8-9H2,1-3H3,(H,17,19)/t12-,13-/m1/s1. The summed E-state index contributed by atoms with van der Waals surface area (Å²) in [6.45, 7) is 4.27. The van der Waals surface area contributed by atoms with Crippen LogP contribution in [0.5, 0.6) is 0 Å². The minimum Gasteiger partial charge on any atom is -0.384 e. The number of hydrogen-bond donors (Lipinski definition) is 1. The van der Waals surface area contributed by atoms with E-state index >= 15 is 0 Å². The predicted molar refractivity (Wildman–Crippen MR) is 79.1 cm³/mol. The number of carbonyl (C=O) groups is 1. The largest absolute Gasteiger partial charge is 0.384 e. The van der Waals surface area contributed by atoms with Gasteiger partial charge in [0.2, 0.25) is 5.91 Å². The van der Waals surface area contributed by atoms with Gasteiger partial charge in [-0.15, -0.1) is 0 Å². The molecule has 1 aliphatic rings. The highest BCUT2D eigenvalue weighted by Crippen LogP contribution is 2.25. The van der Waals surface area contributed by atoms with Gasteiger partial charge in [0, 0.05) is 30.5 Å². The van der Waals surface area contributed by atoms with Crippen molar-refractivity contribution in [2.24, 2.45) is 5.92 Å². The van der Waals surface area contributed by atoms with Crippen LogP contribution in [0.1, 0.15) is 30.7 Å². The van der Waals surface area contributed by atoms with E-state index in [0.29, 0.717) is 18.2 Å². The fraction of sp³-hybridized carbons (Fsp3) is 0.667. The van der Waals surface area contributed by atoms with Crippen LogP contribution in [-0.4, -0.2) is 35.2 Å². The van der Waals surface area contributed by atoms with Gasteiger partial charge in [-0.25, -0.2) is 4.79 Å². The highest BCUT2D eigenvalue weighted by Gasteiger charge is 2.28. The summed E-state index contributed by atoms with van der Waals surface area (Å²) in [4.78, 5) is 27.9. The van der Waals surface area contributed by atoms with Crippen molar-refractivity contribution >= 4 is 5.91 Å². The topological polar surface area (TPSA) is 73.2 Å². The lowest BCUT2D eigenvalue weighted by molar-refractivity contribution is -0.122. The molecule has 0 radical (unpaired) electrons. The van der Waals surface area contributed by atoms with Gasteiger partial charge in [-0.05, 0) is 32.8 Å². The van der Waals surface area contributed by atoms with Crippen LogP contribution in [0.2, 0.25) is 0 Å². The summed E-state index contributed by atoms with van der Waals surface area (Å²) in [5.41, 5.74) is 1.05. The molecule has 0 saturated heterocycles. The van der Waals surface area contributed by atoms with Gasteiger partial charge in [-0.3, -0.25) is 9.36 Å². The van der Waals surface area contributed by atoms with Gasteiger partial charge in [0.25, 0.3) is 0 Å². The maximum Gasteiger partial charge on any atom is 0.348 e. The van der Waals surface area contributed by atoms with Gasteiger partial charge in [0.1, 0.15) is 6.54 Å². The second-order valence-corrected chi connectivity index (χ2v) is 5.73. The molecular formula is C15H23N3O3. The van der Waals surface area contributed by atoms with E-state index in [1.807, 2.05) is 6.92 Å². The van der Waals surface area contributed by atoms with E-state index in [0.717, 1.165) is 25.0 Å². The number of rotatable bonds is 5. The van der Waals surface area contributed by atoms with Crippen molar-refractivity contribution in [3.63, 3.8) is 0 Å². The first-order chi connectivity index (χ1) is 10.0. The van der Waals surface area contributed by atoms with E-state index in [9.17, 15) is 9.59 Å². The molecule has 6 heteroatoms. The van der Waals surface area contributed by atoms with Crippen LogP contribution < -0.4 is 11.0 Å². The minimum absolute atomic E-state index is 0.0220. The van der Waals surface area contributed by atoms with Crippen LogP contribution in [0.15, 0.2) is 10.9 Å². The molecule has 116 valence electrons. The molecule has 0 aromatic carbocycles. The molecule has 6 nitrogen and oxygen atoms in total. The van der Waals surface area contributed by atoms with Gasteiger partial charge < -0.3 is 10.1 Å². The van der Waals surface area contributed by atoms with Crippen LogP contribution in [-0.2, 0) is 16.1 Å². The lowest BCUT2D eigenvalue weighted by Crippen LogP contribution is -2.42. The molecule has 0 bridgehead atoms. The first-order valence-corrected chi connectivity index (χ1v) is 7.34. The Morgan fingerprint density at radius 1 is 1.48 bits per heavy atom. The van der Waals surface area contributed by atoms with E-state index in [2.05, 4.69) is 10.3 Å². The molecule has 1 saturated carbocycles. The summed E-state index contributed by atoms with van der Waals surface area (Å²) in [6.07, 6.45) is 3.15. The second-order valence-electron chi connectivity index (χ2n) is 5.73. The molecule has 2 atom stereocenters. The molecule has 21 heavy (non-hydrogen) atoms. The molecule has 1 N–H and O–H groups in total. The Labute approximate surface area is 124 Å². The van der Waals surface area contributed by atoms with Crippen LogP contribution in [0.3, 0.4) is 0 Å². The summed E-state index contributed by atoms with van der Waals surface area (Å²) in [5.74, 6) is 0.228. The van der Waals surface area contributed by atoms with Crippen LogP contribution in [0.25, 0.3) is 0 Å². The van der Waals surface area contributed by atoms with E-state index in [1.165, 1.54) is 4.57 Å². The molecule has 1 aromatic rings. The number of nitrogens with zero attached hydrogens (tertiary/aromatic N) is 2. The summed E-state index contributed by atoms with van der Waals surface area (Å²) < 4.78 is 6.60. The normalized spacial score (nSPS) is 21.5. The van der Waals surface area contributed by atoms with Crippen molar-refractivity contribution in [3.8, 4) is 0 Å².